The number of carbonyl (C=O) groups excluding carboxylic acids is 2. The first-order valence-corrected chi connectivity index (χ1v) is 23.7. The van der Waals surface area contributed by atoms with E-state index in [1.807, 2.05) is 12.1 Å². The van der Waals surface area contributed by atoms with E-state index in [9.17, 15) is 9.59 Å². The number of esters is 2. The Morgan fingerprint density at radius 2 is 0.877 bits per heavy atom. The summed E-state index contributed by atoms with van der Waals surface area (Å²) in [5, 5.41) is 0. The maximum absolute atomic E-state index is 13.0. The summed E-state index contributed by atoms with van der Waals surface area (Å²) in [5.74, 6) is 0.158. The van der Waals surface area contributed by atoms with E-state index in [1.165, 1.54) is 133 Å². The Hall–Kier alpha value is -3.21. The third kappa shape index (κ3) is 25.7. The summed E-state index contributed by atoms with van der Waals surface area (Å²) in [7, 11) is 0. The fourth-order valence-corrected chi connectivity index (χ4v) is 7.63. The third-order valence-corrected chi connectivity index (χ3v) is 11.1. The van der Waals surface area contributed by atoms with Crippen LogP contribution in [0.5, 0.6) is 11.5 Å². The van der Waals surface area contributed by atoms with Crippen LogP contribution in [0.25, 0.3) is 0 Å². The van der Waals surface area contributed by atoms with Crippen LogP contribution in [0.4, 0.5) is 0 Å². The standard InChI is InChI=1S/C52H84NO4/c1-6-8-10-12-14-16-18-20-22-24-26-28-30-32-34-36-51(54)56-49-39-38-48(40-41-53-46(4)42-45(3)43-47(53)5)44-50(49)57-52(55)37-35-33-31-29-27-25-23-21-19-17-15-13-11-9-7-2/h20-23,38-39,42-44H,6-19,24-37,40-41H2,1-5H3/q+1. The minimum Gasteiger partial charge on any atom is -0.423 e. The zero-order valence-corrected chi connectivity index (χ0v) is 37.5. The van der Waals surface area contributed by atoms with Gasteiger partial charge >= 0.3 is 11.9 Å². The van der Waals surface area contributed by atoms with Crippen LogP contribution in [0.1, 0.15) is 216 Å². The minimum absolute atomic E-state index is 0.265. The van der Waals surface area contributed by atoms with Crippen LogP contribution < -0.4 is 14.0 Å². The molecular weight excluding hydrogens is 703 g/mol. The van der Waals surface area contributed by atoms with Gasteiger partial charge in [0.2, 0.25) is 0 Å². The minimum atomic E-state index is -0.267. The summed E-state index contributed by atoms with van der Waals surface area (Å²) in [6, 6.07) is 10.1. The lowest BCUT2D eigenvalue weighted by molar-refractivity contribution is -0.708. The van der Waals surface area contributed by atoms with Gasteiger partial charge < -0.3 is 9.47 Å². The normalized spacial score (nSPS) is 11.6. The molecule has 0 spiro atoms. The molecule has 0 fully saturated rings. The van der Waals surface area contributed by atoms with Crippen molar-refractivity contribution in [2.45, 2.75) is 227 Å². The number of pyridine rings is 1. The summed E-state index contributed by atoms with van der Waals surface area (Å²) < 4.78 is 14.1. The van der Waals surface area contributed by atoms with Gasteiger partial charge in [-0.1, -0.05) is 147 Å². The molecule has 0 aliphatic carbocycles. The molecule has 2 rings (SSSR count). The number of aromatic nitrogens is 1. The number of hydrogen-bond acceptors (Lipinski definition) is 4. The van der Waals surface area contributed by atoms with Crippen molar-refractivity contribution in [2.24, 2.45) is 0 Å². The van der Waals surface area contributed by atoms with Gasteiger partial charge in [-0.15, -0.1) is 0 Å². The second-order valence-corrected chi connectivity index (χ2v) is 16.6. The molecule has 0 aliphatic rings. The molecule has 1 aromatic carbocycles. The molecule has 0 N–H and O–H groups in total. The second-order valence-electron chi connectivity index (χ2n) is 16.6. The van der Waals surface area contributed by atoms with Crippen LogP contribution in [0.3, 0.4) is 0 Å². The van der Waals surface area contributed by atoms with Crippen molar-refractivity contribution in [3.05, 3.63) is 77.2 Å². The first kappa shape index (κ1) is 49.9. The largest absolute Gasteiger partial charge is 0.423 e. The molecule has 5 nitrogen and oxygen atoms in total. The molecule has 320 valence electrons. The van der Waals surface area contributed by atoms with Crippen LogP contribution >= 0.6 is 0 Å². The molecule has 0 unspecified atom stereocenters. The van der Waals surface area contributed by atoms with Crippen LogP contribution in [0, 0.1) is 20.8 Å². The van der Waals surface area contributed by atoms with Crippen molar-refractivity contribution < 1.29 is 23.6 Å². The molecule has 0 bridgehead atoms. The molecule has 0 saturated heterocycles. The number of ether oxygens (including phenoxy) is 2. The van der Waals surface area contributed by atoms with E-state index >= 15 is 0 Å². The predicted octanol–water partition coefficient (Wildman–Crippen LogP) is 15.0. The van der Waals surface area contributed by atoms with Gasteiger partial charge in [-0.3, -0.25) is 9.59 Å². The zero-order valence-electron chi connectivity index (χ0n) is 37.5. The number of rotatable bonds is 35. The molecule has 0 atom stereocenters. The van der Waals surface area contributed by atoms with Crippen LogP contribution in [-0.2, 0) is 22.6 Å². The number of aryl methyl sites for hydroxylation is 4. The average Bonchev–Trinajstić information content (AvgIpc) is 3.18. The molecule has 57 heavy (non-hydrogen) atoms. The molecule has 5 heteroatoms. The monoisotopic (exact) mass is 787 g/mol. The number of carbonyl (C=O) groups is 2. The quantitative estimate of drug-likeness (QED) is 0.0230. The Bertz CT molecular complexity index is 1390. The van der Waals surface area contributed by atoms with Crippen LogP contribution in [-0.4, -0.2) is 11.9 Å². The summed E-state index contributed by atoms with van der Waals surface area (Å²) in [6.07, 6.45) is 42.5. The lowest BCUT2D eigenvalue weighted by atomic mass is 10.1. The van der Waals surface area contributed by atoms with Crippen molar-refractivity contribution in [3.63, 3.8) is 0 Å². The highest BCUT2D eigenvalue weighted by atomic mass is 16.6. The van der Waals surface area contributed by atoms with E-state index in [0.29, 0.717) is 24.3 Å². The molecule has 0 radical (unpaired) electrons. The fraction of sp³-hybridized carbons (Fsp3) is 0.673. The highest BCUT2D eigenvalue weighted by molar-refractivity contribution is 5.76. The van der Waals surface area contributed by atoms with Gasteiger partial charge in [0.05, 0.1) is 0 Å². The summed E-state index contributed by atoms with van der Waals surface area (Å²) in [6.45, 7) is 11.8. The summed E-state index contributed by atoms with van der Waals surface area (Å²) >= 11 is 0. The zero-order chi connectivity index (χ0) is 41.2. The first-order valence-electron chi connectivity index (χ1n) is 23.7. The van der Waals surface area contributed by atoms with Gasteiger partial charge in [-0.25, -0.2) is 0 Å². The van der Waals surface area contributed by atoms with E-state index in [-0.39, 0.29) is 11.9 Å². The molecule has 1 aromatic heterocycles. The maximum Gasteiger partial charge on any atom is 0.311 e. The smallest absolute Gasteiger partial charge is 0.311 e. The van der Waals surface area contributed by atoms with E-state index in [4.69, 9.17) is 9.47 Å². The van der Waals surface area contributed by atoms with Gasteiger partial charge in [0, 0.05) is 45.2 Å². The van der Waals surface area contributed by atoms with Gasteiger partial charge in [0.15, 0.2) is 29.4 Å². The second kappa shape index (κ2) is 33.7. The summed E-state index contributed by atoms with van der Waals surface area (Å²) in [4.78, 5) is 26.0. The molecule has 2 aromatic rings. The van der Waals surface area contributed by atoms with Gasteiger partial charge in [-0.2, -0.15) is 4.57 Å². The van der Waals surface area contributed by atoms with Gasteiger partial charge in [-0.05, 0) is 94.4 Å². The number of hydrogen-bond donors (Lipinski definition) is 0. The lowest BCUT2D eigenvalue weighted by Crippen LogP contribution is -2.41. The van der Waals surface area contributed by atoms with Crippen molar-refractivity contribution >= 4 is 11.9 Å². The van der Waals surface area contributed by atoms with Gasteiger partial charge in [0.25, 0.3) is 0 Å². The van der Waals surface area contributed by atoms with E-state index in [2.05, 4.69) is 75.6 Å². The SMILES string of the molecule is CCCCCCCCC=CCCCCCCCC(=O)Oc1ccc(CC[n+]2c(C)cc(C)cc2C)cc1OC(=O)CCCCCCCC=CCCCCCCCC. The number of benzene rings is 1. The molecule has 0 saturated carbocycles. The maximum atomic E-state index is 13.0. The highest BCUT2D eigenvalue weighted by Gasteiger charge is 2.17. The Labute approximate surface area is 350 Å². The Balaban J connectivity index is 1.76. The number of allylic oxidation sites excluding steroid dienone is 4. The first-order chi connectivity index (χ1) is 27.8. The van der Waals surface area contributed by atoms with Crippen LogP contribution in [0.15, 0.2) is 54.6 Å². The van der Waals surface area contributed by atoms with Crippen LogP contribution in [0.2, 0.25) is 0 Å². The molecule has 0 amide bonds. The van der Waals surface area contributed by atoms with Crippen molar-refractivity contribution in [2.75, 3.05) is 0 Å². The Morgan fingerprint density at radius 3 is 1.32 bits per heavy atom. The molecule has 0 aliphatic heterocycles. The lowest BCUT2D eigenvalue weighted by Gasteiger charge is -2.13. The van der Waals surface area contributed by atoms with Crippen molar-refractivity contribution in [3.8, 4) is 11.5 Å². The highest BCUT2D eigenvalue weighted by Crippen LogP contribution is 2.30. The van der Waals surface area contributed by atoms with E-state index in [0.717, 1.165) is 69.9 Å². The topological polar surface area (TPSA) is 56.5 Å². The van der Waals surface area contributed by atoms with Crippen molar-refractivity contribution in [1.29, 1.82) is 0 Å². The average molecular weight is 787 g/mol. The molecule has 1 heterocycles. The third-order valence-electron chi connectivity index (χ3n) is 11.1. The van der Waals surface area contributed by atoms with E-state index < -0.39 is 0 Å². The number of nitrogens with zero attached hydrogens (tertiary/aromatic N) is 1. The fourth-order valence-electron chi connectivity index (χ4n) is 7.63. The Kier molecular flexibility index (Phi) is 29.5. The van der Waals surface area contributed by atoms with Crippen molar-refractivity contribution in [1.82, 2.24) is 0 Å². The number of unbranched alkanes of at least 4 members (excludes halogenated alkanes) is 22. The molecular formula is C52H84NO4+. The van der Waals surface area contributed by atoms with E-state index in [1.54, 1.807) is 6.07 Å². The predicted molar refractivity (Wildman–Crippen MR) is 241 cm³/mol. The summed E-state index contributed by atoms with van der Waals surface area (Å²) in [5.41, 5.74) is 4.75. The van der Waals surface area contributed by atoms with Gasteiger partial charge in [0.1, 0.15) is 0 Å². The Morgan fingerprint density at radius 1 is 0.491 bits per heavy atom.